The van der Waals surface area contributed by atoms with Crippen molar-refractivity contribution in [2.45, 2.75) is 52.6 Å². The molecule has 3 aliphatic rings. The van der Waals surface area contributed by atoms with Gasteiger partial charge in [0.1, 0.15) is 12.4 Å². The first-order chi connectivity index (χ1) is 17.5. The van der Waals surface area contributed by atoms with Crippen molar-refractivity contribution in [1.82, 2.24) is 9.88 Å². The Balaban J connectivity index is 1.18. The van der Waals surface area contributed by atoms with Gasteiger partial charge in [0.25, 0.3) is 5.91 Å². The lowest BCUT2D eigenvalue weighted by atomic mass is 9.99. The maximum atomic E-state index is 12.8. The summed E-state index contributed by atoms with van der Waals surface area (Å²) in [7, 11) is 0. The van der Waals surface area contributed by atoms with Crippen molar-refractivity contribution in [1.29, 1.82) is 0 Å². The number of nitrogens with zero attached hydrogens (tertiary/aromatic N) is 3. The average molecular weight is 502 g/mol. The second kappa shape index (κ2) is 9.89. The predicted octanol–water partition coefficient (Wildman–Crippen LogP) is 6.48. The Morgan fingerprint density at radius 1 is 1.06 bits per heavy atom. The Morgan fingerprint density at radius 2 is 1.83 bits per heavy atom. The SMILES string of the molecule is Cc1ccc(OCc2ccc(C(=O)N3CCCC3)cc2C)c(-c2csc(N3CC4CC[C@@H](C4)C3)n2)c1. The summed E-state index contributed by atoms with van der Waals surface area (Å²) >= 11 is 1.75. The highest BCUT2D eigenvalue weighted by Gasteiger charge is 2.34. The van der Waals surface area contributed by atoms with E-state index in [1.165, 1.54) is 24.8 Å². The Labute approximate surface area is 218 Å². The van der Waals surface area contributed by atoms with E-state index in [1.807, 2.05) is 23.1 Å². The van der Waals surface area contributed by atoms with Crippen LogP contribution in [-0.4, -0.2) is 42.0 Å². The lowest BCUT2D eigenvalue weighted by Gasteiger charge is -2.31. The number of piperidine rings is 1. The minimum atomic E-state index is 0.143. The van der Waals surface area contributed by atoms with E-state index < -0.39 is 0 Å². The smallest absolute Gasteiger partial charge is 0.253 e. The summed E-state index contributed by atoms with van der Waals surface area (Å²) in [5.74, 6) is 2.68. The number of likely N-dealkylation sites (tertiary alicyclic amines) is 1. The molecule has 1 aromatic heterocycles. The largest absolute Gasteiger partial charge is 0.488 e. The highest BCUT2D eigenvalue weighted by atomic mass is 32.1. The summed E-state index contributed by atoms with van der Waals surface area (Å²) in [6, 6.07) is 12.3. The Kier molecular flexibility index (Phi) is 6.46. The van der Waals surface area contributed by atoms with Gasteiger partial charge < -0.3 is 14.5 Å². The molecule has 3 fully saturated rings. The maximum absolute atomic E-state index is 12.8. The Morgan fingerprint density at radius 3 is 2.58 bits per heavy atom. The van der Waals surface area contributed by atoms with Crippen LogP contribution < -0.4 is 9.64 Å². The molecule has 3 aromatic rings. The number of aryl methyl sites for hydroxylation is 2. The van der Waals surface area contributed by atoms with Gasteiger partial charge in [0.2, 0.25) is 0 Å². The number of thiazole rings is 1. The maximum Gasteiger partial charge on any atom is 0.253 e. The van der Waals surface area contributed by atoms with Crippen LogP contribution in [0, 0.1) is 25.7 Å². The molecule has 188 valence electrons. The van der Waals surface area contributed by atoms with E-state index in [-0.39, 0.29) is 5.91 Å². The van der Waals surface area contributed by atoms with E-state index in [1.54, 1.807) is 11.3 Å². The van der Waals surface area contributed by atoms with Crippen LogP contribution in [0.15, 0.2) is 41.8 Å². The first-order valence-electron chi connectivity index (χ1n) is 13.4. The van der Waals surface area contributed by atoms with Crippen molar-refractivity contribution in [3.05, 3.63) is 64.0 Å². The van der Waals surface area contributed by atoms with Gasteiger partial charge in [0, 0.05) is 42.7 Å². The van der Waals surface area contributed by atoms with Crippen LogP contribution in [0.2, 0.25) is 0 Å². The summed E-state index contributed by atoms with van der Waals surface area (Å²) in [5.41, 5.74) is 6.21. The third-order valence-corrected chi connectivity index (χ3v) is 9.05. The molecule has 0 N–H and O–H groups in total. The number of aromatic nitrogens is 1. The van der Waals surface area contributed by atoms with Crippen LogP contribution in [0.5, 0.6) is 5.75 Å². The molecule has 5 nitrogen and oxygen atoms in total. The van der Waals surface area contributed by atoms with Crippen molar-refractivity contribution < 1.29 is 9.53 Å². The van der Waals surface area contributed by atoms with Gasteiger partial charge in [-0.05, 0) is 93.2 Å². The first kappa shape index (κ1) is 23.5. The number of benzene rings is 2. The topological polar surface area (TPSA) is 45.7 Å². The second-order valence-electron chi connectivity index (χ2n) is 10.9. The van der Waals surface area contributed by atoms with Gasteiger partial charge in [-0.3, -0.25) is 4.79 Å². The number of hydrogen-bond donors (Lipinski definition) is 0. The van der Waals surface area contributed by atoms with E-state index in [4.69, 9.17) is 9.72 Å². The highest BCUT2D eigenvalue weighted by molar-refractivity contribution is 7.14. The molecule has 3 heterocycles. The standard InChI is InChI=1S/C30H35N3O2S/c1-20-5-10-28(35-18-25-9-8-24(14-21(25)2)29(34)32-11-3-4-12-32)26(13-20)27-19-36-30(31-27)33-16-22-6-7-23(15-22)17-33/h5,8-10,13-14,19,22-23H,3-4,6-7,11-12,15-18H2,1-2H3/t22-,23?/m0/s1. The molecule has 1 aliphatic carbocycles. The van der Waals surface area contributed by atoms with Crippen LogP contribution in [0.25, 0.3) is 11.3 Å². The van der Waals surface area contributed by atoms with Crippen molar-refractivity contribution in [2.75, 3.05) is 31.1 Å². The summed E-state index contributed by atoms with van der Waals surface area (Å²) in [5, 5.41) is 3.32. The Hall–Kier alpha value is -2.86. The van der Waals surface area contributed by atoms with Crippen molar-refractivity contribution in [2.24, 2.45) is 11.8 Å². The third-order valence-electron chi connectivity index (χ3n) is 8.15. The summed E-state index contributed by atoms with van der Waals surface area (Å²) in [6.45, 7) is 8.68. The minimum absolute atomic E-state index is 0.143. The van der Waals surface area contributed by atoms with Crippen molar-refractivity contribution in [3.63, 3.8) is 0 Å². The fourth-order valence-electron chi connectivity index (χ4n) is 6.12. The quantitative estimate of drug-likeness (QED) is 0.388. The lowest BCUT2D eigenvalue weighted by molar-refractivity contribution is 0.0792. The van der Waals surface area contributed by atoms with Gasteiger partial charge in [0.15, 0.2) is 5.13 Å². The van der Waals surface area contributed by atoms with Gasteiger partial charge in [0.05, 0.1) is 5.69 Å². The molecule has 1 unspecified atom stereocenters. The van der Waals surface area contributed by atoms with Crippen LogP contribution >= 0.6 is 11.3 Å². The van der Waals surface area contributed by atoms with E-state index in [0.717, 1.165) is 89.7 Å². The normalized spacial score (nSPS) is 21.3. The molecule has 2 aliphatic heterocycles. The van der Waals surface area contributed by atoms with Crippen LogP contribution in [0.3, 0.4) is 0 Å². The van der Waals surface area contributed by atoms with Gasteiger partial charge >= 0.3 is 0 Å². The third kappa shape index (κ3) is 4.75. The zero-order valence-electron chi connectivity index (χ0n) is 21.3. The number of ether oxygens (including phenoxy) is 1. The van der Waals surface area contributed by atoms with E-state index >= 15 is 0 Å². The number of carbonyl (C=O) groups is 1. The van der Waals surface area contributed by atoms with E-state index in [0.29, 0.717) is 6.61 Å². The zero-order chi connectivity index (χ0) is 24.6. The minimum Gasteiger partial charge on any atom is -0.488 e. The number of amides is 1. The Bertz CT molecular complexity index is 1250. The second-order valence-corrected chi connectivity index (χ2v) is 11.7. The molecule has 0 radical (unpaired) electrons. The number of rotatable bonds is 6. The molecule has 2 saturated heterocycles. The number of hydrogen-bond acceptors (Lipinski definition) is 5. The van der Waals surface area contributed by atoms with E-state index in [9.17, 15) is 4.79 Å². The van der Waals surface area contributed by atoms with Gasteiger partial charge in [-0.25, -0.2) is 4.98 Å². The zero-order valence-corrected chi connectivity index (χ0v) is 22.2. The number of anilines is 1. The molecule has 0 spiro atoms. The molecule has 6 heteroatoms. The lowest BCUT2D eigenvalue weighted by Crippen LogP contribution is -2.36. The predicted molar refractivity (Wildman–Crippen MR) is 146 cm³/mol. The average Bonchev–Trinajstić information content (AvgIpc) is 3.65. The summed E-state index contributed by atoms with van der Waals surface area (Å²) in [6.07, 6.45) is 6.37. The molecule has 2 atom stereocenters. The van der Waals surface area contributed by atoms with Crippen LogP contribution in [-0.2, 0) is 6.61 Å². The molecule has 1 saturated carbocycles. The number of carbonyl (C=O) groups excluding carboxylic acids is 1. The molecule has 2 aromatic carbocycles. The van der Waals surface area contributed by atoms with Crippen molar-refractivity contribution >= 4 is 22.4 Å². The summed E-state index contributed by atoms with van der Waals surface area (Å²) in [4.78, 5) is 22.3. The fraction of sp³-hybridized carbons (Fsp3) is 0.467. The molecule has 36 heavy (non-hydrogen) atoms. The van der Waals surface area contributed by atoms with E-state index in [2.05, 4.69) is 42.3 Å². The fourth-order valence-corrected chi connectivity index (χ4v) is 6.96. The van der Waals surface area contributed by atoms with Crippen LogP contribution in [0.1, 0.15) is 59.2 Å². The number of fused-ring (bicyclic) bond motifs is 2. The molecule has 1 amide bonds. The highest BCUT2D eigenvalue weighted by Crippen LogP contribution is 2.40. The van der Waals surface area contributed by atoms with Crippen molar-refractivity contribution in [3.8, 4) is 17.0 Å². The van der Waals surface area contributed by atoms with Gasteiger partial charge in [-0.1, -0.05) is 17.7 Å². The van der Waals surface area contributed by atoms with Gasteiger partial charge in [-0.2, -0.15) is 0 Å². The molecular formula is C30H35N3O2S. The molecule has 6 rings (SSSR count). The van der Waals surface area contributed by atoms with Crippen LogP contribution in [0.4, 0.5) is 5.13 Å². The molecular weight excluding hydrogens is 466 g/mol. The monoisotopic (exact) mass is 501 g/mol. The summed E-state index contributed by atoms with van der Waals surface area (Å²) < 4.78 is 6.37. The molecule has 2 bridgehead atoms. The van der Waals surface area contributed by atoms with Gasteiger partial charge in [-0.15, -0.1) is 11.3 Å². The first-order valence-corrected chi connectivity index (χ1v) is 14.2.